The number of ether oxygens (including phenoxy) is 1. The number of rotatable bonds is 5. The third-order valence-corrected chi connectivity index (χ3v) is 3.32. The molecule has 0 bridgehead atoms. The minimum absolute atomic E-state index is 0.149. The molecule has 4 heteroatoms. The molecule has 0 fully saturated rings. The van der Waals surface area contributed by atoms with Crippen LogP contribution in [0, 0.1) is 0 Å². The fourth-order valence-corrected chi connectivity index (χ4v) is 2.17. The number of fused-ring (bicyclic) bond motifs is 1. The van der Waals surface area contributed by atoms with Crippen LogP contribution in [0.4, 0.5) is 5.69 Å². The molecule has 0 aliphatic carbocycles. The van der Waals surface area contributed by atoms with Gasteiger partial charge in [-0.1, -0.05) is 6.07 Å². The number of benzene rings is 1. The lowest BCUT2D eigenvalue weighted by molar-refractivity contribution is -0.128. The molecule has 1 aromatic carbocycles. The highest BCUT2D eigenvalue weighted by atomic mass is 16.5. The van der Waals surface area contributed by atoms with E-state index in [-0.39, 0.29) is 5.91 Å². The smallest absolute Gasteiger partial charge is 0.222 e. The summed E-state index contributed by atoms with van der Waals surface area (Å²) in [5.74, 6) is 1.03. The average molecular weight is 262 g/mol. The highest BCUT2D eigenvalue weighted by Gasteiger charge is 2.09. The zero-order valence-corrected chi connectivity index (χ0v) is 11.7. The van der Waals surface area contributed by atoms with Gasteiger partial charge in [0, 0.05) is 38.8 Å². The number of nitrogens with zero attached hydrogens (tertiary/aromatic N) is 1. The SMILES string of the molecule is CN(C)C(=O)CCCOc1ccc2c(c1)NCCC2. The van der Waals surface area contributed by atoms with Crippen LogP contribution in [0.5, 0.6) is 5.75 Å². The van der Waals surface area contributed by atoms with E-state index >= 15 is 0 Å². The number of anilines is 1. The second-order valence-corrected chi connectivity index (χ2v) is 5.09. The largest absolute Gasteiger partial charge is 0.494 e. The minimum Gasteiger partial charge on any atom is -0.494 e. The van der Waals surface area contributed by atoms with Crippen molar-refractivity contribution in [1.82, 2.24) is 4.90 Å². The van der Waals surface area contributed by atoms with Crippen molar-refractivity contribution in [1.29, 1.82) is 0 Å². The Hall–Kier alpha value is -1.71. The molecule has 0 spiro atoms. The molecule has 1 aliphatic rings. The Kier molecular flexibility index (Phi) is 4.66. The number of hydrogen-bond donors (Lipinski definition) is 1. The van der Waals surface area contributed by atoms with Crippen LogP contribution in [0.3, 0.4) is 0 Å². The Morgan fingerprint density at radius 1 is 1.42 bits per heavy atom. The Morgan fingerprint density at radius 2 is 2.26 bits per heavy atom. The predicted molar refractivity (Wildman–Crippen MR) is 76.7 cm³/mol. The lowest BCUT2D eigenvalue weighted by atomic mass is 10.0. The number of carbonyl (C=O) groups is 1. The van der Waals surface area contributed by atoms with Crippen LogP contribution < -0.4 is 10.1 Å². The standard InChI is InChI=1S/C15H22N2O2/c1-17(2)15(18)6-4-10-19-13-8-7-12-5-3-9-16-14(12)11-13/h7-8,11,16H,3-6,9-10H2,1-2H3. The van der Waals surface area contributed by atoms with Crippen molar-refractivity contribution in [2.75, 3.05) is 32.6 Å². The fourth-order valence-electron chi connectivity index (χ4n) is 2.17. The Balaban J connectivity index is 1.79. The molecule has 0 saturated carbocycles. The first-order chi connectivity index (χ1) is 9.16. The second-order valence-electron chi connectivity index (χ2n) is 5.09. The predicted octanol–water partition coefficient (Wildman–Crippen LogP) is 2.29. The van der Waals surface area contributed by atoms with Crippen LogP contribution in [-0.2, 0) is 11.2 Å². The number of hydrogen-bond acceptors (Lipinski definition) is 3. The summed E-state index contributed by atoms with van der Waals surface area (Å²) in [5, 5.41) is 3.39. The molecule has 1 N–H and O–H groups in total. The Bertz CT molecular complexity index is 444. The summed E-state index contributed by atoms with van der Waals surface area (Å²) in [6, 6.07) is 6.20. The van der Waals surface area contributed by atoms with E-state index in [0.29, 0.717) is 13.0 Å². The highest BCUT2D eigenvalue weighted by Crippen LogP contribution is 2.26. The number of carbonyl (C=O) groups excluding carboxylic acids is 1. The summed E-state index contributed by atoms with van der Waals surface area (Å²) in [5.41, 5.74) is 2.55. The number of amides is 1. The van der Waals surface area contributed by atoms with Crippen molar-refractivity contribution < 1.29 is 9.53 Å². The third-order valence-electron chi connectivity index (χ3n) is 3.32. The molecule has 104 valence electrons. The Labute approximate surface area is 114 Å². The van der Waals surface area contributed by atoms with Gasteiger partial charge in [-0.25, -0.2) is 0 Å². The van der Waals surface area contributed by atoms with E-state index in [1.807, 2.05) is 6.07 Å². The monoisotopic (exact) mass is 262 g/mol. The van der Waals surface area contributed by atoms with Crippen LogP contribution >= 0.6 is 0 Å². The molecule has 0 atom stereocenters. The topological polar surface area (TPSA) is 41.6 Å². The maximum atomic E-state index is 11.4. The summed E-state index contributed by atoms with van der Waals surface area (Å²) in [4.78, 5) is 13.0. The van der Waals surface area contributed by atoms with Gasteiger partial charge in [0.05, 0.1) is 6.61 Å². The van der Waals surface area contributed by atoms with E-state index in [1.54, 1.807) is 19.0 Å². The van der Waals surface area contributed by atoms with Gasteiger partial charge < -0.3 is 15.0 Å². The van der Waals surface area contributed by atoms with Gasteiger partial charge in [-0.3, -0.25) is 4.79 Å². The van der Waals surface area contributed by atoms with Crippen LogP contribution in [0.2, 0.25) is 0 Å². The normalized spacial score (nSPS) is 13.4. The third kappa shape index (κ3) is 3.88. The first-order valence-electron chi connectivity index (χ1n) is 6.86. The van der Waals surface area contributed by atoms with Gasteiger partial charge in [0.25, 0.3) is 0 Å². The first kappa shape index (κ1) is 13.7. The van der Waals surface area contributed by atoms with Crippen molar-refractivity contribution in [3.05, 3.63) is 23.8 Å². The molecule has 1 aliphatic heterocycles. The van der Waals surface area contributed by atoms with Crippen molar-refractivity contribution in [2.24, 2.45) is 0 Å². The molecule has 0 unspecified atom stereocenters. The molecule has 4 nitrogen and oxygen atoms in total. The van der Waals surface area contributed by atoms with Crippen LogP contribution in [0.1, 0.15) is 24.8 Å². The van der Waals surface area contributed by atoms with Gasteiger partial charge in [-0.15, -0.1) is 0 Å². The molecule has 0 aromatic heterocycles. The van der Waals surface area contributed by atoms with Crippen molar-refractivity contribution in [2.45, 2.75) is 25.7 Å². The van der Waals surface area contributed by atoms with Gasteiger partial charge in [0.2, 0.25) is 5.91 Å². The molecule has 0 saturated heterocycles. The number of nitrogens with one attached hydrogen (secondary N) is 1. The van der Waals surface area contributed by atoms with Crippen molar-refractivity contribution in [3.63, 3.8) is 0 Å². The summed E-state index contributed by atoms with van der Waals surface area (Å²) >= 11 is 0. The van der Waals surface area contributed by atoms with E-state index < -0.39 is 0 Å². The minimum atomic E-state index is 0.149. The van der Waals surface area contributed by atoms with Crippen molar-refractivity contribution >= 4 is 11.6 Å². The summed E-state index contributed by atoms with van der Waals surface area (Å²) in [7, 11) is 3.55. The molecular weight excluding hydrogens is 240 g/mol. The molecular formula is C15H22N2O2. The molecule has 0 radical (unpaired) electrons. The summed E-state index contributed by atoms with van der Waals surface area (Å²) in [6.07, 6.45) is 3.62. The molecule has 1 heterocycles. The van der Waals surface area contributed by atoms with E-state index in [9.17, 15) is 4.79 Å². The zero-order valence-electron chi connectivity index (χ0n) is 11.7. The van der Waals surface area contributed by atoms with Gasteiger partial charge in [0.15, 0.2) is 0 Å². The lowest BCUT2D eigenvalue weighted by Gasteiger charge is -2.18. The first-order valence-corrected chi connectivity index (χ1v) is 6.86. The van der Waals surface area contributed by atoms with Crippen molar-refractivity contribution in [3.8, 4) is 5.75 Å². The quantitative estimate of drug-likeness (QED) is 0.828. The van der Waals surface area contributed by atoms with Crippen LogP contribution in [-0.4, -0.2) is 38.1 Å². The Morgan fingerprint density at radius 3 is 3.05 bits per heavy atom. The van der Waals surface area contributed by atoms with Crippen LogP contribution in [0.25, 0.3) is 0 Å². The molecule has 1 aromatic rings. The molecule has 2 rings (SSSR count). The van der Waals surface area contributed by atoms with Gasteiger partial charge in [-0.05, 0) is 30.9 Å². The fraction of sp³-hybridized carbons (Fsp3) is 0.533. The molecule has 1 amide bonds. The van der Waals surface area contributed by atoms with E-state index in [4.69, 9.17) is 4.74 Å². The average Bonchev–Trinajstić information content (AvgIpc) is 2.43. The van der Waals surface area contributed by atoms with E-state index in [0.717, 1.165) is 25.1 Å². The van der Waals surface area contributed by atoms with E-state index in [1.165, 1.54) is 17.7 Å². The van der Waals surface area contributed by atoms with E-state index in [2.05, 4.69) is 17.4 Å². The summed E-state index contributed by atoms with van der Waals surface area (Å²) < 4.78 is 5.69. The second kappa shape index (κ2) is 6.45. The summed E-state index contributed by atoms with van der Waals surface area (Å²) in [6.45, 7) is 1.62. The number of aryl methyl sites for hydroxylation is 1. The zero-order chi connectivity index (χ0) is 13.7. The van der Waals surface area contributed by atoms with Gasteiger partial charge in [0.1, 0.15) is 5.75 Å². The maximum absolute atomic E-state index is 11.4. The van der Waals surface area contributed by atoms with Gasteiger partial charge >= 0.3 is 0 Å². The lowest BCUT2D eigenvalue weighted by Crippen LogP contribution is -2.21. The molecule has 19 heavy (non-hydrogen) atoms. The highest BCUT2D eigenvalue weighted by molar-refractivity contribution is 5.75. The van der Waals surface area contributed by atoms with Crippen LogP contribution in [0.15, 0.2) is 18.2 Å². The van der Waals surface area contributed by atoms with Gasteiger partial charge in [-0.2, -0.15) is 0 Å². The maximum Gasteiger partial charge on any atom is 0.222 e.